The minimum Gasteiger partial charge on any atom is -0.390 e. The largest absolute Gasteiger partial charge is 0.390 e. The van der Waals surface area contributed by atoms with Crippen LogP contribution in [0.15, 0.2) is 24.3 Å². The van der Waals surface area contributed by atoms with E-state index >= 15 is 0 Å². The van der Waals surface area contributed by atoms with E-state index in [1.807, 2.05) is 18.7 Å². The molecule has 0 aliphatic carbocycles. The zero-order valence-corrected chi connectivity index (χ0v) is 13.6. The average molecular weight is 318 g/mol. The van der Waals surface area contributed by atoms with Crippen molar-refractivity contribution < 1.29 is 14.3 Å². The van der Waals surface area contributed by atoms with Gasteiger partial charge in [0, 0.05) is 24.0 Å². The molecule has 2 aromatic rings. The molecule has 0 saturated carbocycles. The fourth-order valence-corrected chi connectivity index (χ4v) is 3.43. The molecule has 2 N–H and O–H groups in total. The lowest BCUT2D eigenvalue weighted by atomic mass is 9.86. The van der Waals surface area contributed by atoms with Gasteiger partial charge in [-0.2, -0.15) is 0 Å². The third-order valence-electron chi connectivity index (χ3n) is 4.50. The first-order chi connectivity index (χ1) is 10.8. The Morgan fingerprint density at radius 1 is 1.35 bits per heavy atom. The molecule has 0 spiro atoms. The van der Waals surface area contributed by atoms with Crippen molar-refractivity contribution in [3.63, 3.8) is 0 Å². The summed E-state index contributed by atoms with van der Waals surface area (Å²) in [6.45, 7) is 5.05. The lowest BCUT2D eigenvalue weighted by molar-refractivity contribution is 0.0357. The molecule has 4 nitrogen and oxygen atoms in total. The molecule has 0 bridgehead atoms. The van der Waals surface area contributed by atoms with Crippen molar-refractivity contribution in [1.82, 2.24) is 9.88 Å². The van der Waals surface area contributed by atoms with E-state index in [1.54, 1.807) is 12.1 Å². The zero-order chi connectivity index (χ0) is 16.6. The molecule has 1 amide bonds. The van der Waals surface area contributed by atoms with Crippen LogP contribution in [0.5, 0.6) is 0 Å². The Balaban J connectivity index is 1.66. The van der Waals surface area contributed by atoms with Gasteiger partial charge < -0.3 is 15.0 Å². The van der Waals surface area contributed by atoms with Gasteiger partial charge in [0.1, 0.15) is 11.5 Å². The molecular weight excluding hydrogens is 295 g/mol. The number of carbonyl (C=O) groups excluding carboxylic acids is 1. The van der Waals surface area contributed by atoms with Crippen LogP contribution >= 0.6 is 0 Å². The lowest BCUT2D eigenvalue weighted by Gasteiger charge is -2.34. The predicted molar refractivity (Wildman–Crippen MR) is 87.8 cm³/mol. The summed E-state index contributed by atoms with van der Waals surface area (Å²) in [6, 6.07) is 6.25. The molecule has 3 rings (SSSR count). The Hall–Kier alpha value is -1.88. The van der Waals surface area contributed by atoms with Crippen LogP contribution in [0.25, 0.3) is 10.9 Å². The van der Waals surface area contributed by atoms with Crippen molar-refractivity contribution in [2.24, 2.45) is 5.92 Å². The van der Waals surface area contributed by atoms with Crippen molar-refractivity contribution in [3.05, 3.63) is 35.8 Å². The van der Waals surface area contributed by atoms with Gasteiger partial charge >= 0.3 is 0 Å². The number of amides is 1. The second kappa shape index (κ2) is 5.96. The SMILES string of the molecule is CC(C)(O)CC1CCN(C(=O)c2cc3ccc(F)cc3[nH]2)CC1. The highest BCUT2D eigenvalue weighted by molar-refractivity contribution is 5.98. The number of hydrogen-bond donors (Lipinski definition) is 2. The molecule has 0 atom stereocenters. The van der Waals surface area contributed by atoms with Crippen molar-refractivity contribution >= 4 is 16.8 Å². The van der Waals surface area contributed by atoms with Crippen LogP contribution in [0.2, 0.25) is 0 Å². The molecule has 1 aliphatic heterocycles. The molecule has 0 radical (unpaired) electrons. The van der Waals surface area contributed by atoms with Crippen LogP contribution in [0.4, 0.5) is 4.39 Å². The molecular formula is C18H23FN2O2. The first kappa shape index (κ1) is 16.0. The molecule has 1 saturated heterocycles. The Morgan fingerprint density at radius 2 is 2.04 bits per heavy atom. The normalized spacial score (nSPS) is 17.0. The molecule has 1 aromatic heterocycles. The third kappa shape index (κ3) is 3.72. The standard InChI is InChI=1S/C18H23FN2O2/c1-18(2,23)11-12-5-7-21(8-6-12)17(22)16-9-13-3-4-14(19)10-15(13)20-16/h3-4,9-10,12,20,23H,5-8,11H2,1-2H3. The molecule has 2 heterocycles. The molecule has 5 heteroatoms. The van der Waals surface area contributed by atoms with E-state index in [4.69, 9.17) is 0 Å². The second-order valence-electron chi connectivity index (χ2n) is 7.17. The van der Waals surface area contributed by atoms with Gasteiger partial charge in [-0.05, 0) is 63.3 Å². The summed E-state index contributed by atoms with van der Waals surface area (Å²) < 4.78 is 13.2. The van der Waals surface area contributed by atoms with E-state index in [0.717, 1.165) is 24.6 Å². The third-order valence-corrected chi connectivity index (χ3v) is 4.50. The maximum absolute atomic E-state index is 13.2. The Bertz CT molecular complexity index is 709. The minimum atomic E-state index is -0.655. The highest BCUT2D eigenvalue weighted by Gasteiger charge is 2.27. The zero-order valence-electron chi connectivity index (χ0n) is 13.6. The van der Waals surface area contributed by atoms with Gasteiger partial charge in [0.25, 0.3) is 5.91 Å². The fraction of sp³-hybridized carbons (Fsp3) is 0.500. The number of aromatic amines is 1. The highest BCUT2D eigenvalue weighted by Crippen LogP contribution is 2.27. The van der Waals surface area contributed by atoms with Gasteiger partial charge in [0.15, 0.2) is 0 Å². The number of carbonyl (C=O) groups is 1. The van der Waals surface area contributed by atoms with Gasteiger partial charge in [0.2, 0.25) is 0 Å². The topological polar surface area (TPSA) is 56.3 Å². The van der Waals surface area contributed by atoms with E-state index in [9.17, 15) is 14.3 Å². The number of aliphatic hydroxyl groups is 1. The Kier molecular flexibility index (Phi) is 4.15. The number of piperidine rings is 1. The van der Waals surface area contributed by atoms with Crippen LogP contribution in [0.1, 0.15) is 43.6 Å². The number of aromatic nitrogens is 1. The van der Waals surface area contributed by atoms with E-state index < -0.39 is 5.60 Å². The Morgan fingerprint density at radius 3 is 2.70 bits per heavy atom. The quantitative estimate of drug-likeness (QED) is 0.912. The number of hydrogen-bond acceptors (Lipinski definition) is 2. The Labute approximate surface area is 135 Å². The lowest BCUT2D eigenvalue weighted by Crippen LogP contribution is -2.40. The summed E-state index contributed by atoms with van der Waals surface area (Å²) in [5, 5.41) is 10.7. The maximum atomic E-state index is 13.2. The highest BCUT2D eigenvalue weighted by atomic mass is 19.1. The smallest absolute Gasteiger partial charge is 0.270 e. The number of benzene rings is 1. The van der Waals surface area contributed by atoms with Gasteiger partial charge in [-0.1, -0.05) is 0 Å². The van der Waals surface area contributed by atoms with Crippen LogP contribution in [-0.4, -0.2) is 39.6 Å². The van der Waals surface area contributed by atoms with E-state index in [-0.39, 0.29) is 11.7 Å². The number of halogens is 1. The summed E-state index contributed by atoms with van der Waals surface area (Å²) in [5.74, 6) is 0.102. The number of H-pyrrole nitrogens is 1. The number of likely N-dealkylation sites (tertiary alicyclic amines) is 1. The minimum absolute atomic E-state index is 0.0386. The number of nitrogens with zero attached hydrogens (tertiary/aromatic N) is 1. The molecule has 1 aromatic carbocycles. The van der Waals surface area contributed by atoms with Crippen LogP contribution < -0.4 is 0 Å². The van der Waals surface area contributed by atoms with Gasteiger partial charge in [-0.15, -0.1) is 0 Å². The summed E-state index contributed by atoms with van der Waals surface area (Å²) >= 11 is 0. The molecule has 23 heavy (non-hydrogen) atoms. The number of fused-ring (bicyclic) bond motifs is 1. The molecule has 124 valence electrons. The van der Waals surface area contributed by atoms with E-state index in [0.29, 0.717) is 30.2 Å². The number of nitrogens with one attached hydrogen (secondary N) is 1. The summed E-state index contributed by atoms with van der Waals surface area (Å²) in [7, 11) is 0. The average Bonchev–Trinajstić information content (AvgIpc) is 2.88. The summed E-state index contributed by atoms with van der Waals surface area (Å²) in [5.41, 5.74) is 0.495. The summed E-state index contributed by atoms with van der Waals surface area (Å²) in [4.78, 5) is 17.4. The monoisotopic (exact) mass is 318 g/mol. The van der Waals surface area contributed by atoms with Gasteiger partial charge in [-0.3, -0.25) is 4.79 Å². The van der Waals surface area contributed by atoms with Crippen molar-refractivity contribution in [2.45, 2.75) is 38.7 Å². The van der Waals surface area contributed by atoms with Gasteiger partial charge in [-0.25, -0.2) is 4.39 Å². The van der Waals surface area contributed by atoms with Crippen molar-refractivity contribution in [2.75, 3.05) is 13.1 Å². The number of rotatable bonds is 3. The van der Waals surface area contributed by atoms with Crippen molar-refractivity contribution in [3.8, 4) is 0 Å². The van der Waals surface area contributed by atoms with E-state index in [1.165, 1.54) is 12.1 Å². The summed E-state index contributed by atoms with van der Waals surface area (Å²) in [6.07, 6.45) is 2.58. The molecule has 1 fully saturated rings. The van der Waals surface area contributed by atoms with Crippen LogP contribution in [0, 0.1) is 11.7 Å². The predicted octanol–water partition coefficient (Wildman–Crippen LogP) is 3.32. The van der Waals surface area contributed by atoms with Crippen molar-refractivity contribution in [1.29, 1.82) is 0 Å². The van der Waals surface area contributed by atoms with Crippen LogP contribution in [0.3, 0.4) is 0 Å². The fourth-order valence-electron chi connectivity index (χ4n) is 3.43. The van der Waals surface area contributed by atoms with Gasteiger partial charge in [0.05, 0.1) is 5.60 Å². The first-order valence-electron chi connectivity index (χ1n) is 8.12. The first-order valence-corrected chi connectivity index (χ1v) is 8.12. The molecule has 1 aliphatic rings. The van der Waals surface area contributed by atoms with Crippen LogP contribution in [-0.2, 0) is 0 Å². The maximum Gasteiger partial charge on any atom is 0.270 e. The van der Waals surface area contributed by atoms with E-state index in [2.05, 4.69) is 4.98 Å². The molecule has 0 unspecified atom stereocenters. The second-order valence-corrected chi connectivity index (χ2v) is 7.17.